The van der Waals surface area contributed by atoms with Gasteiger partial charge in [0.15, 0.2) is 0 Å². The van der Waals surface area contributed by atoms with Gasteiger partial charge in [-0.1, -0.05) is 18.2 Å². The Kier molecular flexibility index (Phi) is 6.59. The molecule has 0 aliphatic heterocycles. The number of hydrogen-bond donors (Lipinski definition) is 3. The lowest BCUT2D eigenvalue weighted by atomic mass is 10.3. The molecule has 0 radical (unpaired) electrons. The maximum absolute atomic E-state index is 7.00. The van der Waals surface area contributed by atoms with Crippen LogP contribution in [0.1, 0.15) is 0 Å². The number of rotatable bonds is 0. The Bertz CT molecular complexity index is 287. The molecule has 2 rings (SSSR count). The van der Waals surface area contributed by atoms with E-state index >= 15 is 0 Å². The van der Waals surface area contributed by atoms with Crippen LogP contribution in [0.25, 0.3) is 10.9 Å². The second-order valence-corrected chi connectivity index (χ2v) is 2.06. The van der Waals surface area contributed by atoms with Crippen LogP contribution in [0.2, 0.25) is 0 Å². The van der Waals surface area contributed by atoms with E-state index in [-0.39, 0.29) is 0 Å². The van der Waals surface area contributed by atoms with E-state index < -0.39 is 0 Å². The summed E-state index contributed by atoms with van der Waals surface area (Å²) in [6, 6.07) is 10.3. The van der Waals surface area contributed by atoms with Crippen LogP contribution in [0, 0.1) is 0 Å². The maximum Gasteiger partial charge on any atom is 0.0453 e. The predicted molar refractivity (Wildman–Crippen MR) is 54.6 cm³/mol. The number of aromatic amines is 1. The summed E-state index contributed by atoms with van der Waals surface area (Å²) in [5.41, 5.74) is 1.21. The lowest BCUT2D eigenvalue weighted by molar-refractivity contribution is 0.399. The van der Waals surface area contributed by atoms with Gasteiger partial charge in [0, 0.05) is 25.9 Å². The van der Waals surface area contributed by atoms with Crippen molar-refractivity contribution in [2.24, 2.45) is 0 Å². The van der Waals surface area contributed by atoms with Crippen LogP contribution in [0.3, 0.4) is 0 Å². The van der Waals surface area contributed by atoms with E-state index in [1.54, 1.807) is 0 Å². The third-order valence-corrected chi connectivity index (χ3v) is 1.46. The molecule has 0 saturated heterocycles. The van der Waals surface area contributed by atoms with Crippen molar-refractivity contribution < 1.29 is 10.2 Å². The van der Waals surface area contributed by atoms with Gasteiger partial charge in [-0.25, -0.2) is 0 Å². The third-order valence-electron chi connectivity index (χ3n) is 1.46. The first kappa shape index (κ1) is 11.7. The summed E-state index contributed by atoms with van der Waals surface area (Å²) < 4.78 is 0. The number of aliphatic hydroxyl groups excluding tert-OH is 2. The lowest BCUT2D eigenvalue weighted by Crippen LogP contribution is -1.61. The average molecular weight is 181 g/mol. The molecule has 1 aromatic heterocycles. The first-order chi connectivity index (χ1) is 6.47. The van der Waals surface area contributed by atoms with Crippen LogP contribution >= 0.6 is 0 Å². The van der Waals surface area contributed by atoms with Crippen LogP contribution in [0.4, 0.5) is 0 Å². The van der Waals surface area contributed by atoms with Crippen molar-refractivity contribution in [3.63, 3.8) is 0 Å². The van der Waals surface area contributed by atoms with Gasteiger partial charge in [0.1, 0.15) is 0 Å². The smallest absolute Gasteiger partial charge is 0.0453 e. The van der Waals surface area contributed by atoms with Crippen LogP contribution in [-0.2, 0) is 0 Å². The first-order valence-corrected chi connectivity index (χ1v) is 3.88. The normalized spacial score (nSPS) is 8.00. The molecule has 3 nitrogen and oxygen atoms in total. The summed E-state index contributed by atoms with van der Waals surface area (Å²) in [6.07, 6.45) is 1.95. The van der Waals surface area contributed by atoms with Gasteiger partial charge in [0.2, 0.25) is 0 Å². The predicted octanol–water partition coefficient (Wildman–Crippen LogP) is 1.38. The number of para-hydroxylation sites is 1. The largest absolute Gasteiger partial charge is 0.400 e. The molecule has 13 heavy (non-hydrogen) atoms. The van der Waals surface area contributed by atoms with Gasteiger partial charge < -0.3 is 15.2 Å². The molecule has 0 fully saturated rings. The van der Waals surface area contributed by atoms with E-state index in [4.69, 9.17) is 10.2 Å². The highest BCUT2D eigenvalue weighted by atomic mass is 16.2. The first-order valence-electron chi connectivity index (χ1n) is 3.88. The van der Waals surface area contributed by atoms with E-state index in [0.717, 1.165) is 14.2 Å². The number of aromatic nitrogens is 1. The second kappa shape index (κ2) is 7.34. The topological polar surface area (TPSA) is 56.2 Å². The van der Waals surface area contributed by atoms with Crippen molar-refractivity contribution in [1.82, 2.24) is 4.98 Å². The van der Waals surface area contributed by atoms with E-state index in [1.165, 1.54) is 10.9 Å². The second-order valence-electron chi connectivity index (χ2n) is 2.06. The number of nitrogens with one attached hydrogen (secondary N) is 1. The van der Waals surface area contributed by atoms with Crippen LogP contribution in [-0.4, -0.2) is 29.4 Å². The molecule has 0 aliphatic carbocycles. The van der Waals surface area contributed by atoms with Crippen LogP contribution < -0.4 is 0 Å². The van der Waals surface area contributed by atoms with Gasteiger partial charge in [-0.2, -0.15) is 0 Å². The van der Waals surface area contributed by atoms with Crippen molar-refractivity contribution in [3.05, 3.63) is 36.5 Å². The number of fused-ring (bicyclic) bond motifs is 1. The summed E-state index contributed by atoms with van der Waals surface area (Å²) in [5.74, 6) is 0. The minimum atomic E-state index is 1.00. The van der Waals surface area contributed by atoms with E-state index in [2.05, 4.69) is 23.2 Å². The quantitative estimate of drug-likeness (QED) is 0.575. The molecule has 1 heterocycles. The Morgan fingerprint density at radius 3 is 2.15 bits per heavy atom. The lowest BCUT2D eigenvalue weighted by Gasteiger charge is -1.83. The zero-order chi connectivity index (χ0) is 10.1. The SMILES string of the molecule is CO.CO.c1ccc2[nH]ccc2c1. The molecular formula is C10H15NO2. The summed E-state index contributed by atoms with van der Waals surface area (Å²) in [4.78, 5) is 3.12. The van der Waals surface area contributed by atoms with Crippen molar-refractivity contribution in [1.29, 1.82) is 0 Å². The molecule has 0 atom stereocenters. The zero-order valence-corrected chi connectivity index (χ0v) is 7.86. The summed E-state index contributed by atoms with van der Waals surface area (Å²) in [6.45, 7) is 0. The van der Waals surface area contributed by atoms with Crippen molar-refractivity contribution in [2.75, 3.05) is 14.2 Å². The highest BCUT2D eigenvalue weighted by molar-refractivity contribution is 5.78. The van der Waals surface area contributed by atoms with Crippen molar-refractivity contribution in [2.45, 2.75) is 0 Å². The van der Waals surface area contributed by atoms with E-state index in [0.29, 0.717) is 0 Å². The summed E-state index contributed by atoms with van der Waals surface area (Å²) >= 11 is 0. The Morgan fingerprint density at radius 2 is 1.54 bits per heavy atom. The molecule has 0 spiro atoms. The Morgan fingerprint density at radius 1 is 0.923 bits per heavy atom. The number of benzene rings is 1. The molecule has 1 aromatic carbocycles. The minimum absolute atomic E-state index is 1.00. The Hall–Kier alpha value is -1.32. The van der Waals surface area contributed by atoms with Gasteiger partial charge in [0.25, 0.3) is 0 Å². The fourth-order valence-corrected chi connectivity index (χ4v) is 0.995. The molecule has 0 saturated carbocycles. The monoisotopic (exact) mass is 181 g/mol. The standard InChI is InChI=1S/C8H7N.2CH4O/c1-2-4-8-7(3-1)5-6-9-8;2*1-2/h1-6,9H;2*2H,1H3. The van der Waals surface area contributed by atoms with Crippen LogP contribution in [0.5, 0.6) is 0 Å². The molecule has 0 aliphatic rings. The molecule has 0 bridgehead atoms. The van der Waals surface area contributed by atoms with Gasteiger partial charge in [-0.3, -0.25) is 0 Å². The highest BCUT2D eigenvalue weighted by Crippen LogP contribution is 2.09. The molecule has 3 N–H and O–H groups in total. The fraction of sp³-hybridized carbons (Fsp3) is 0.200. The minimum Gasteiger partial charge on any atom is -0.400 e. The van der Waals surface area contributed by atoms with Crippen LogP contribution in [0.15, 0.2) is 36.5 Å². The Labute approximate surface area is 77.7 Å². The van der Waals surface area contributed by atoms with Crippen molar-refractivity contribution in [3.8, 4) is 0 Å². The zero-order valence-electron chi connectivity index (χ0n) is 7.86. The summed E-state index contributed by atoms with van der Waals surface area (Å²) in [5, 5.41) is 15.3. The number of H-pyrrole nitrogens is 1. The average Bonchev–Trinajstić information content (AvgIpc) is 2.71. The van der Waals surface area contributed by atoms with Gasteiger partial charge >= 0.3 is 0 Å². The maximum atomic E-state index is 7.00. The molecule has 0 unspecified atom stereocenters. The molecule has 2 aromatic rings. The van der Waals surface area contributed by atoms with Gasteiger partial charge in [-0.15, -0.1) is 0 Å². The van der Waals surface area contributed by atoms with Crippen molar-refractivity contribution >= 4 is 10.9 Å². The molecular weight excluding hydrogens is 166 g/mol. The van der Waals surface area contributed by atoms with E-state index in [1.807, 2.05) is 18.3 Å². The molecule has 72 valence electrons. The summed E-state index contributed by atoms with van der Waals surface area (Å²) in [7, 11) is 2.00. The third kappa shape index (κ3) is 3.27. The van der Waals surface area contributed by atoms with Gasteiger partial charge in [0.05, 0.1) is 0 Å². The number of hydrogen-bond acceptors (Lipinski definition) is 2. The highest BCUT2D eigenvalue weighted by Gasteiger charge is 1.86. The van der Waals surface area contributed by atoms with E-state index in [9.17, 15) is 0 Å². The Balaban J connectivity index is 0.000000322. The fourth-order valence-electron chi connectivity index (χ4n) is 0.995. The molecule has 3 heteroatoms. The van der Waals surface area contributed by atoms with Gasteiger partial charge in [-0.05, 0) is 17.5 Å². The number of aliphatic hydroxyl groups is 2. The molecule has 0 amide bonds.